The van der Waals surface area contributed by atoms with E-state index in [0.29, 0.717) is 11.6 Å². The van der Waals surface area contributed by atoms with Crippen LogP contribution in [0.5, 0.6) is 0 Å². The highest BCUT2D eigenvalue weighted by Gasteiger charge is 2.24. The molecule has 0 aliphatic carbocycles. The maximum Gasteiger partial charge on any atom is 0.209 e. The molecule has 1 aromatic rings. The van der Waals surface area contributed by atoms with Gasteiger partial charge in [-0.05, 0) is 24.6 Å². The molecule has 1 fully saturated rings. The van der Waals surface area contributed by atoms with Crippen LogP contribution >= 0.6 is 11.6 Å². The Morgan fingerprint density at radius 2 is 2.24 bits per heavy atom. The minimum Gasteiger partial charge on any atom is -0.370 e. The zero-order valence-corrected chi connectivity index (χ0v) is 11.1. The van der Waals surface area contributed by atoms with Gasteiger partial charge in [0.05, 0.1) is 6.26 Å². The predicted molar refractivity (Wildman–Crippen MR) is 70.0 cm³/mol. The number of hydrogen-bond donors (Lipinski definition) is 1. The van der Waals surface area contributed by atoms with Gasteiger partial charge >= 0.3 is 0 Å². The molecule has 1 atom stereocenters. The van der Waals surface area contributed by atoms with Crippen molar-refractivity contribution in [1.29, 1.82) is 0 Å². The summed E-state index contributed by atoms with van der Waals surface area (Å²) in [6.07, 6.45) is 2.01. The molecular formula is C11H15ClN2O2S. The summed E-state index contributed by atoms with van der Waals surface area (Å²) < 4.78 is 24.9. The van der Waals surface area contributed by atoms with Gasteiger partial charge in [-0.25, -0.2) is 13.1 Å². The quantitative estimate of drug-likeness (QED) is 0.908. The first kappa shape index (κ1) is 12.7. The maximum absolute atomic E-state index is 11.1. The van der Waals surface area contributed by atoms with Crippen molar-refractivity contribution in [3.8, 4) is 0 Å². The van der Waals surface area contributed by atoms with E-state index >= 15 is 0 Å². The van der Waals surface area contributed by atoms with Crippen LogP contribution in [0, 0.1) is 0 Å². The SMILES string of the molecule is CS(=O)(=O)NC1CCN(c2cccc(Cl)c2)C1. The van der Waals surface area contributed by atoms with Crippen molar-refractivity contribution in [2.24, 2.45) is 0 Å². The first-order chi connectivity index (χ1) is 7.94. The van der Waals surface area contributed by atoms with Gasteiger partial charge in [0, 0.05) is 29.8 Å². The molecule has 1 aromatic carbocycles. The van der Waals surface area contributed by atoms with E-state index < -0.39 is 10.0 Å². The minimum absolute atomic E-state index is 0.0102. The third-order valence-electron chi connectivity index (χ3n) is 2.74. The van der Waals surface area contributed by atoms with Crippen LogP contribution in [0.25, 0.3) is 0 Å². The van der Waals surface area contributed by atoms with Crippen molar-refractivity contribution >= 4 is 27.3 Å². The van der Waals surface area contributed by atoms with E-state index in [1.54, 1.807) is 0 Å². The van der Waals surface area contributed by atoms with E-state index in [0.717, 1.165) is 18.7 Å². The minimum atomic E-state index is -3.12. The Bertz CT molecular complexity index is 504. The second kappa shape index (κ2) is 4.84. The van der Waals surface area contributed by atoms with Crippen LogP contribution in [-0.4, -0.2) is 33.8 Å². The summed E-state index contributed by atoms with van der Waals surface area (Å²) in [7, 11) is -3.12. The van der Waals surface area contributed by atoms with Gasteiger partial charge in [0.1, 0.15) is 0 Å². The van der Waals surface area contributed by atoms with Crippen molar-refractivity contribution in [3.63, 3.8) is 0 Å². The third-order valence-corrected chi connectivity index (χ3v) is 3.74. The van der Waals surface area contributed by atoms with Crippen molar-refractivity contribution < 1.29 is 8.42 Å². The van der Waals surface area contributed by atoms with Crippen molar-refractivity contribution in [3.05, 3.63) is 29.3 Å². The van der Waals surface area contributed by atoms with Gasteiger partial charge in [-0.15, -0.1) is 0 Å². The van der Waals surface area contributed by atoms with E-state index in [-0.39, 0.29) is 6.04 Å². The Kier molecular flexibility index (Phi) is 3.61. The molecule has 4 nitrogen and oxygen atoms in total. The molecule has 1 aliphatic heterocycles. The molecule has 0 radical (unpaired) electrons. The molecule has 1 heterocycles. The molecule has 0 bridgehead atoms. The Morgan fingerprint density at radius 1 is 1.47 bits per heavy atom. The van der Waals surface area contributed by atoms with Gasteiger partial charge < -0.3 is 4.90 Å². The number of nitrogens with zero attached hydrogens (tertiary/aromatic N) is 1. The lowest BCUT2D eigenvalue weighted by Crippen LogP contribution is -2.36. The molecule has 0 saturated carbocycles. The lowest BCUT2D eigenvalue weighted by molar-refractivity contribution is 0.567. The summed E-state index contributed by atoms with van der Waals surface area (Å²) in [6, 6.07) is 7.59. The van der Waals surface area contributed by atoms with Gasteiger partial charge in [0.25, 0.3) is 0 Å². The molecule has 0 spiro atoms. The maximum atomic E-state index is 11.1. The first-order valence-corrected chi connectivity index (χ1v) is 7.69. The lowest BCUT2D eigenvalue weighted by atomic mass is 10.3. The standard InChI is InChI=1S/C11H15ClN2O2S/c1-17(15,16)13-10-5-6-14(8-10)11-4-2-3-9(12)7-11/h2-4,7,10,13H,5-6,8H2,1H3. The number of hydrogen-bond acceptors (Lipinski definition) is 3. The number of rotatable bonds is 3. The van der Waals surface area contributed by atoms with E-state index in [9.17, 15) is 8.42 Å². The number of anilines is 1. The number of nitrogens with one attached hydrogen (secondary N) is 1. The van der Waals surface area contributed by atoms with Crippen LogP contribution in [0.3, 0.4) is 0 Å². The molecular weight excluding hydrogens is 260 g/mol. The van der Waals surface area contributed by atoms with Gasteiger partial charge in [0.15, 0.2) is 0 Å². The van der Waals surface area contributed by atoms with Gasteiger partial charge in [-0.3, -0.25) is 0 Å². The third kappa shape index (κ3) is 3.59. The fraction of sp³-hybridized carbons (Fsp3) is 0.455. The highest BCUT2D eigenvalue weighted by molar-refractivity contribution is 7.88. The number of sulfonamides is 1. The number of halogens is 1. The number of benzene rings is 1. The topological polar surface area (TPSA) is 49.4 Å². The highest BCUT2D eigenvalue weighted by Crippen LogP contribution is 2.23. The Hall–Kier alpha value is -0.780. The van der Waals surface area contributed by atoms with Crippen LogP contribution in [-0.2, 0) is 10.0 Å². The highest BCUT2D eigenvalue weighted by atomic mass is 35.5. The van der Waals surface area contributed by atoms with Crippen molar-refractivity contribution in [1.82, 2.24) is 4.72 Å². The van der Waals surface area contributed by atoms with E-state index in [1.165, 1.54) is 6.26 Å². The van der Waals surface area contributed by atoms with Gasteiger partial charge in [0.2, 0.25) is 10.0 Å². The van der Waals surface area contributed by atoms with Gasteiger partial charge in [-0.1, -0.05) is 17.7 Å². The zero-order valence-electron chi connectivity index (χ0n) is 9.56. The van der Waals surface area contributed by atoms with Crippen LogP contribution < -0.4 is 9.62 Å². The fourth-order valence-corrected chi connectivity index (χ4v) is 3.05. The molecule has 1 unspecified atom stereocenters. The van der Waals surface area contributed by atoms with Gasteiger partial charge in [-0.2, -0.15) is 0 Å². The summed E-state index contributed by atoms with van der Waals surface area (Å²) in [5, 5.41) is 0.696. The van der Waals surface area contributed by atoms with E-state index in [4.69, 9.17) is 11.6 Å². The summed E-state index contributed by atoms with van der Waals surface area (Å²) >= 11 is 5.93. The average Bonchev–Trinajstić information content (AvgIpc) is 2.63. The van der Waals surface area contributed by atoms with Crippen LogP contribution in [0.2, 0.25) is 5.02 Å². The Morgan fingerprint density at radius 3 is 2.88 bits per heavy atom. The normalized spacial score (nSPS) is 20.8. The monoisotopic (exact) mass is 274 g/mol. The molecule has 6 heteroatoms. The molecule has 1 aliphatic rings. The summed E-state index contributed by atoms with van der Waals surface area (Å²) in [5.74, 6) is 0. The second-order valence-electron chi connectivity index (χ2n) is 4.30. The Labute approximate surface area is 107 Å². The smallest absolute Gasteiger partial charge is 0.209 e. The first-order valence-electron chi connectivity index (χ1n) is 5.42. The van der Waals surface area contributed by atoms with Crippen molar-refractivity contribution in [2.45, 2.75) is 12.5 Å². The van der Waals surface area contributed by atoms with E-state index in [1.807, 2.05) is 24.3 Å². The van der Waals surface area contributed by atoms with Crippen LogP contribution in [0.15, 0.2) is 24.3 Å². The molecule has 1 saturated heterocycles. The molecule has 2 rings (SSSR count). The summed E-state index contributed by atoms with van der Waals surface area (Å²) in [6.45, 7) is 1.53. The zero-order chi connectivity index (χ0) is 12.5. The van der Waals surface area contributed by atoms with Crippen LogP contribution in [0.1, 0.15) is 6.42 Å². The largest absolute Gasteiger partial charge is 0.370 e. The molecule has 0 aromatic heterocycles. The molecule has 1 N–H and O–H groups in total. The van der Waals surface area contributed by atoms with Crippen LogP contribution in [0.4, 0.5) is 5.69 Å². The average molecular weight is 275 g/mol. The molecule has 0 amide bonds. The Balaban J connectivity index is 2.03. The summed E-state index contributed by atoms with van der Waals surface area (Å²) in [5.41, 5.74) is 1.04. The summed E-state index contributed by atoms with van der Waals surface area (Å²) in [4.78, 5) is 2.13. The van der Waals surface area contributed by atoms with E-state index in [2.05, 4.69) is 9.62 Å². The second-order valence-corrected chi connectivity index (χ2v) is 6.52. The van der Waals surface area contributed by atoms with Crippen molar-refractivity contribution in [2.75, 3.05) is 24.2 Å². The molecule has 17 heavy (non-hydrogen) atoms. The predicted octanol–water partition coefficient (Wildman–Crippen LogP) is 1.47. The lowest BCUT2D eigenvalue weighted by Gasteiger charge is -2.18. The fourth-order valence-electron chi connectivity index (χ4n) is 2.07. The molecule has 94 valence electrons.